The van der Waals surface area contributed by atoms with Gasteiger partial charge in [-0.05, 0) is 66.8 Å². The molecule has 0 saturated heterocycles. The Kier molecular flexibility index (Phi) is 3.42. The number of anilines is 2. The molecule has 0 saturated carbocycles. The summed E-state index contributed by atoms with van der Waals surface area (Å²) in [6, 6.07) is 13.7. The van der Waals surface area contributed by atoms with Gasteiger partial charge in [-0.3, -0.25) is 4.79 Å². The number of nitrogens with one attached hydrogen (secondary N) is 2. The van der Waals surface area contributed by atoms with Crippen molar-refractivity contribution in [1.82, 2.24) is 0 Å². The molecule has 2 N–H and O–H groups in total. The van der Waals surface area contributed by atoms with Crippen molar-refractivity contribution in [1.29, 1.82) is 0 Å². The van der Waals surface area contributed by atoms with E-state index >= 15 is 0 Å². The molecule has 0 heterocycles. The zero-order valence-corrected chi connectivity index (χ0v) is 11.6. The standard InChI is InChI=1S/C17H18N2O/c1-18-15-8-6-13(7-9-15)17(20)19-16-10-5-12-3-2-4-14(12)11-16/h5-11,18H,2-4H2,1H3,(H,19,20). The fourth-order valence-corrected chi connectivity index (χ4v) is 2.64. The van der Waals surface area contributed by atoms with Crippen molar-refractivity contribution in [3.8, 4) is 0 Å². The van der Waals surface area contributed by atoms with Gasteiger partial charge in [-0.2, -0.15) is 0 Å². The molecule has 20 heavy (non-hydrogen) atoms. The molecule has 3 nitrogen and oxygen atoms in total. The number of carbonyl (C=O) groups excluding carboxylic acids is 1. The van der Waals surface area contributed by atoms with Crippen LogP contribution in [-0.2, 0) is 12.8 Å². The first kappa shape index (κ1) is 12.7. The molecular formula is C17H18N2O. The van der Waals surface area contributed by atoms with Crippen molar-refractivity contribution >= 4 is 17.3 Å². The summed E-state index contributed by atoms with van der Waals surface area (Å²) in [5.41, 5.74) is 5.34. The highest BCUT2D eigenvalue weighted by molar-refractivity contribution is 6.04. The van der Waals surface area contributed by atoms with E-state index in [1.54, 1.807) is 0 Å². The topological polar surface area (TPSA) is 41.1 Å². The maximum atomic E-state index is 12.2. The van der Waals surface area contributed by atoms with Crippen LogP contribution in [0, 0.1) is 0 Å². The molecule has 0 fully saturated rings. The van der Waals surface area contributed by atoms with Crippen LogP contribution < -0.4 is 10.6 Å². The van der Waals surface area contributed by atoms with E-state index < -0.39 is 0 Å². The van der Waals surface area contributed by atoms with E-state index in [0.717, 1.165) is 24.2 Å². The Morgan fingerprint density at radius 1 is 0.950 bits per heavy atom. The van der Waals surface area contributed by atoms with Crippen molar-refractivity contribution < 1.29 is 4.79 Å². The summed E-state index contributed by atoms with van der Waals surface area (Å²) in [4.78, 5) is 12.2. The third-order valence-electron chi connectivity index (χ3n) is 3.79. The van der Waals surface area contributed by atoms with Gasteiger partial charge in [0.15, 0.2) is 0 Å². The molecule has 0 aliphatic heterocycles. The molecular weight excluding hydrogens is 248 g/mol. The molecule has 2 aromatic carbocycles. The molecule has 3 heteroatoms. The second kappa shape index (κ2) is 5.37. The largest absolute Gasteiger partial charge is 0.388 e. The van der Waals surface area contributed by atoms with Crippen molar-refractivity contribution in [3.05, 3.63) is 59.2 Å². The van der Waals surface area contributed by atoms with Crippen LogP contribution >= 0.6 is 0 Å². The molecule has 1 aliphatic rings. The summed E-state index contributed by atoms with van der Waals surface area (Å²) in [5, 5.41) is 6.01. The number of hydrogen-bond acceptors (Lipinski definition) is 2. The van der Waals surface area contributed by atoms with Crippen LogP contribution in [0.3, 0.4) is 0 Å². The second-order valence-electron chi connectivity index (χ2n) is 5.12. The molecule has 0 spiro atoms. The number of fused-ring (bicyclic) bond motifs is 1. The van der Waals surface area contributed by atoms with E-state index in [0.29, 0.717) is 5.56 Å². The van der Waals surface area contributed by atoms with Gasteiger partial charge in [0.1, 0.15) is 0 Å². The van der Waals surface area contributed by atoms with Crippen LogP contribution in [-0.4, -0.2) is 13.0 Å². The molecule has 0 atom stereocenters. The molecule has 3 rings (SSSR count). The number of amides is 1. The highest BCUT2D eigenvalue weighted by Gasteiger charge is 2.12. The minimum Gasteiger partial charge on any atom is -0.388 e. The number of hydrogen-bond donors (Lipinski definition) is 2. The first-order valence-corrected chi connectivity index (χ1v) is 6.97. The Hall–Kier alpha value is -2.29. The first-order chi connectivity index (χ1) is 9.76. The summed E-state index contributed by atoms with van der Waals surface area (Å²) in [6.07, 6.45) is 3.50. The maximum Gasteiger partial charge on any atom is 0.255 e. The van der Waals surface area contributed by atoms with Gasteiger partial charge in [-0.1, -0.05) is 6.07 Å². The Balaban J connectivity index is 1.75. The molecule has 102 valence electrons. The van der Waals surface area contributed by atoms with E-state index in [4.69, 9.17) is 0 Å². The first-order valence-electron chi connectivity index (χ1n) is 6.97. The lowest BCUT2D eigenvalue weighted by molar-refractivity contribution is 0.102. The third kappa shape index (κ3) is 2.52. The second-order valence-corrected chi connectivity index (χ2v) is 5.12. The Labute approximate surface area is 119 Å². The monoisotopic (exact) mass is 266 g/mol. The Bertz CT molecular complexity index is 632. The SMILES string of the molecule is CNc1ccc(C(=O)Nc2ccc3c(c2)CCC3)cc1. The van der Waals surface area contributed by atoms with E-state index in [2.05, 4.69) is 22.8 Å². The summed E-state index contributed by atoms with van der Waals surface area (Å²) < 4.78 is 0. The highest BCUT2D eigenvalue weighted by atomic mass is 16.1. The zero-order valence-electron chi connectivity index (χ0n) is 11.6. The fraction of sp³-hybridized carbons (Fsp3) is 0.235. The van der Waals surface area contributed by atoms with Gasteiger partial charge in [-0.25, -0.2) is 0 Å². The van der Waals surface area contributed by atoms with Crippen molar-refractivity contribution in [2.75, 3.05) is 17.7 Å². The van der Waals surface area contributed by atoms with Gasteiger partial charge in [0, 0.05) is 24.0 Å². The minimum atomic E-state index is -0.0643. The lowest BCUT2D eigenvalue weighted by atomic mass is 10.1. The number of carbonyl (C=O) groups is 1. The van der Waals surface area contributed by atoms with Gasteiger partial charge in [0.05, 0.1) is 0 Å². The average molecular weight is 266 g/mol. The molecule has 1 amide bonds. The Morgan fingerprint density at radius 2 is 1.65 bits per heavy atom. The van der Waals surface area contributed by atoms with Crippen LogP contribution in [0.2, 0.25) is 0 Å². The van der Waals surface area contributed by atoms with Gasteiger partial charge in [0.2, 0.25) is 0 Å². The maximum absolute atomic E-state index is 12.2. The normalized spacial score (nSPS) is 12.8. The summed E-state index contributed by atoms with van der Waals surface area (Å²) in [5.74, 6) is -0.0643. The van der Waals surface area contributed by atoms with Gasteiger partial charge < -0.3 is 10.6 Å². The minimum absolute atomic E-state index is 0.0643. The number of benzene rings is 2. The summed E-state index contributed by atoms with van der Waals surface area (Å²) in [7, 11) is 1.86. The quantitative estimate of drug-likeness (QED) is 0.893. The number of rotatable bonds is 3. The van der Waals surface area contributed by atoms with Crippen molar-refractivity contribution in [2.24, 2.45) is 0 Å². The number of aryl methyl sites for hydroxylation is 2. The van der Waals surface area contributed by atoms with Crippen LogP contribution in [0.4, 0.5) is 11.4 Å². The molecule has 0 bridgehead atoms. The highest BCUT2D eigenvalue weighted by Crippen LogP contribution is 2.25. The smallest absolute Gasteiger partial charge is 0.255 e. The van der Waals surface area contributed by atoms with Gasteiger partial charge >= 0.3 is 0 Å². The van der Waals surface area contributed by atoms with E-state index in [9.17, 15) is 4.79 Å². The summed E-state index contributed by atoms with van der Waals surface area (Å²) in [6.45, 7) is 0. The lowest BCUT2D eigenvalue weighted by Gasteiger charge is -2.08. The molecule has 2 aromatic rings. The van der Waals surface area contributed by atoms with Crippen LogP contribution in [0.5, 0.6) is 0 Å². The van der Waals surface area contributed by atoms with Crippen molar-refractivity contribution in [3.63, 3.8) is 0 Å². The van der Waals surface area contributed by atoms with Crippen LogP contribution in [0.25, 0.3) is 0 Å². The summed E-state index contributed by atoms with van der Waals surface area (Å²) >= 11 is 0. The lowest BCUT2D eigenvalue weighted by Crippen LogP contribution is -2.12. The molecule has 0 unspecified atom stereocenters. The average Bonchev–Trinajstić information content (AvgIpc) is 2.95. The van der Waals surface area contributed by atoms with Crippen LogP contribution in [0.1, 0.15) is 27.9 Å². The molecule has 1 aliphatic carbocycles. The predicted molar refractivity (Wildman–Crippen MR) is 82.4 cm³/mol. The third-order valence-corrected chi connectivity index (χ3v) is 3.79. The van der Waals surface area contributed by atoms with Gasteiger partial charge in [-0.15, -0.1) is 0 Å². The molecule has 0 radical (unpaired) electrons. The van der Waals surface area contributed by atoms with E-state index in [1.165, 1.54) is 17.5 Å². The van der Waals surface area contributed by atoms with Crippen molar-refractivity contribution in [2.45, 2.75) is 19.3 Å². The molecule has 0 aromatic heterocycles. The predicted octanol–water partition coefficient (Wildman–Crippen LogP) is 3.47. The fourth-order valence-electron chi connectivity index (χ4n) is 2.64. The van der Waals surface area contributed by atoms with E-state index in [1.807, 2.05) is 37.4 Å². The van der Waals surface area contributed by atoms with Crippen LogP contribution in [0.15, 0.2) is 42.5 Å². The van der Waals surface area contributed by atoms with Gasteiger partial charge in [0.25, 0.3) is 5.91 Å². The Morgan fingerprint density at radius 3 is 2.40 bits per heavy atom. The zero-order chi connectivity index (χ0) is 13.9. The van der Waals surface area contributed by atoms with E-state index in [-0.39, 0.29) is 5.91 Å².